The quantitative estimate of drug-likeness (QED) is 0.520. The van der Waals surface area contributed by atoms with Crippen LogP contribution in [-0.4, -0.2) is 26.3 Å². The van der Waals surface area contributed by atoms with Gasteiger partial charge in [0.15, 0.2) is 6.17 Å². The van der Waals surface area contributed by atoms with Crippen molar-refractivity contribution in [1.29, 1.82) is 0 Å². The van der Waals surface area contributed by atoms with Crippen molar-refractivity contribution in [2.24, 2.45) is 0 Å². The van der Waals surface area contributed by atoms with Gasteiger partial charge in [0.25, 0.3) is 5.92 Å². The van der Waals surface area contributed by atoms with Crippen molar-refractivity contribution in [1.82, 2.24) is 0 Å². The van der Waals surface area contributed by atoms with Crippen molar-refractivity contribution in [3.05, 3.63) is 0 Å². The van der Waals surface area contributed by atoms with E-state index in [1.54, 1.807) is 0 Å². The maximum Gasteiger partial charge on any atom is 0.305 e. The summed E-state index contributed by atoms with van der Waals surface area (Å²) in [7, 11) is -5.17. The van der Waals surface area contributed by atoms with Crippen molar-refractivity contribution in [3.8, 4) is 0 Å². The molecule has 0 spiro atoms. The van der Waals surface area contributed by atoms with Crippen molar-refractivity contribution >= 4 is 10.2 Å². The van der Waals surface area contributed by atoms with Gasteiger partial charge in [-0.15, -0.1) is 3.89 Å². The van der Waals surface area contributed by atoms with Gasteiger partial charge < -0.3 is 0 Å². The number of hydrogen-bond donors (Lipinski definition) is 0. The Labute approximate surface area is 67.8 Å². The molecule has 0 amide bonds. The minimum atomic E-state index is -5.17. The lowest BCUT2D eigenvalue weighted by molar-refractivity contribution is -0.0661. The molecule has 0 radical (unpaired) electrons. The third-order valence-electron chi connectivity index (χ3n) is 1.28. The molecule has 0 saturated heterocycles. The van der Waals surface area contributed by atoms with Gasteiger partial charge in [0.2, 0.25) is 0 Å². The Hall–Kier alpha value is -0.330. The van der Waals surface area contributed by atoms with Gasteiger partial charge in [-0.3, -0.25) is 0 Å². The molecule has 0 aromatic rings. The molecule has 0 aromatic heterocycles. The Bertz CT molecular complexity index is 236. The standard InChI is InChI=1S/C5H8F4O2S/c1-2-5(7,8)4(6)3-12(9,10)11/h4H,2-3H2,1H3. The lowest BCUT2D eigenvalue weighted by Crippen LogP contribution is -2.34. The molecule has 7 heteroatoms. The Kier molecular flexibility index (Phi) is 3.49. The second kappa shape index (κ2) is 3.59. The third kappa shape index (κ3) is 3.89. The summed E-state index contributed by atoms with van der Waals surface area (Å²) < 4.78 is 68.1. The predicted molar refractivity (Wildman–Crippen MR) is 35.0 cm³/mol. The maximum absolute atomic E-state index is 12.3. The first-order valence-corrected chi connectivity index (χ1v) is 4.68. The number of rotatable bonds is 4. The Morgan fingerprint density at radius 3 is 2.08 bits per heavy atom. The van der Waals surface area contributed by atoms with E-state index >= 15 is 0 Å². The van der Waals surface area contributed by atoms with Gasteiger partial charge in [0, 0.05) is 6.42 Å². The molecular formula is C5H8F4O2S. The molecule has 0 heterocycles. The van der Waals surface area contributed by atoms with Crippen LogP contribution in [0.3, 0.4) is 0 Å². The Morgan fingerprint density at radius 2 is 1.83 bits per heavy atom. The minimum Gasteiger partial charge on any atom is -0.240 e. The summed E-state index contributed by atoms with van der Waals surface area (Å²) in [6.45, 7) is 0.984. The average molecular weight is 208 g/mol. The fraction of sp³-hybridized carbons (Fsp3) is 1.00. The Balaban J connectivity index is 4.32. The van der Waals surface area contributed by atoms with Crippen LogP contribution in [0.15, 0.2) is 0 Å². The highest BCUT2D eigenvalue weighted by Crippen LogP contribution is 2.26. The molecule has 0 aliphatic rings. The first-order chi connectivity index (χ1) is 5.19. The summed E-state index contributed by atoms with van der Waals surface area (Å²) in [5, 5.41) is 0. The van der Waals surface area contributed by atoms with Crippen molar-refractivity contribution in [2.45, 2.75) is 25.4 Å². The predicted octanol–water partition coefficient (Wildman–Crippen LogP) is 1.67. The molecule has 0 saturated carbocycles. The van der Waals surface area contributed by atoms with Gasteiger partial charge in [0.1, 0.15) is 5.75 Å². The van der Waals surface area contributed by atoms with E-state index in [4.69, 9.17) is 0 Å². The van der Waals surface area contributed by atoms with Crippen LogP contribution >= 0.6 is 0 Å². The molecule has 0 aliphatic heterocycles. The van der Waals surface area contributed by atoms with Crippen LogP contribution in [0, 0.1) is 0 Å². The molecule has 2 nitrogen and oxygen atoms in total. The molecular weight excluding hydrogens is 200 g/mol. The van der Waals surface area contributed by atoms with Crippen LogP contribution in [0.4, 0.5) is 17.1 Å². The van der Waals surface area contributed by atoms with Crippen LogP contribution in [0.25, 0.3) is 0 Å². The normalized spacial score (nSPS) is 16.1. The van der Waals surface area contributed by atoms with Gasteiger partial charge in [-0.1, -0.05) is 6.92 Å². The van der Waals surface area contributed by atoms with E-state index < -0.39 is 34.5 Å². The van der Waals surface area contributed by atoms with E-state index in [1.807, 2.05) is 0 Å². The maximum atomic E-state index is 12.3. The number of halogens is 4. The van der Waals surface area contributed by atoms with Gasteiger partial charge in [-0.05, 0) is 0 Å². The zero-order chi connectivity index (χ0) is 9.99. The zero-order valence-electron chi connectivity index (χ0n) is 6.23. The van der Waals surface area contributed by atoms with Crippen LogP contribution in [0.5, 0.6) is 0 Å². The monoisotopic (exact) mass is 208 g/mol. The minimum absolute atomic E-state index is 0.857. The van der Waals surface area contributed by atoms with Gasteiger partial charge in [-0.2, -0.15) is 8.42 Å². The van der Waals surface area contributed by atoms with Crippen molar-refractivity contribution in [3.63, 3.8) is 0 Å². The molecule has 0 aliphatic carbocycles. The SMILES string of the molecule is CCC(F)(F)C(F)CS(=O)(=O)F. The van der Waals surface area contributed by atoms with E-state index in [-0.39, 0.29) is 0 Å². The van der Waals surface area contributed by atoms with Crippen molar-refractivity contribution < 1.29 is 25.5 Å². The summed E-state index contributed by atoms with van der Waals surface area (Å²) >= 11 is 0. The highest BCUT2D eigenvalue weighted by atomic mass is 32.3. The molecule has 0 aromatic carbocycles. The van der Waals surface area contributed by atoms with E-state index in [2.05, 4.69) is 0 Å². The summed E-state index contributed by atoms with van der Waals surface area (Å²) in [6, 6.07) is 0. The van der Waals surface area contributed by atoms with Gasteiger partial charge in [0.05, 0.1) is 0 Å². The number of hydrogen-bond acceptors (Lipinski definition) is 2. The van der Waals surface area contributed by atoms with Gasteiger partial charge in [-0.25, -0.2) is 13.2 Å². The molecule has 0 N–H and O–H groups in total. The molecule has 0 bridgehead atoms. The van der Waals surface area contributed by atoms with Crippen LogP contribution in [0.2, 0.25) is 0 Å². The number of alkyl halides is 3. The topological polar surface area (TPSA) is 34.1 Å². The van der Waals surface area contributed by atoms with Crippen LogP contribution in [-0.2, 0) is 10.2 Å². The lowest BCUT2D eigenvalue weighted by atomic mass is 10.2. The molecule has 12 heavy (non-hydrogen) atoms. The molecule has 1 atom stereocenters. The van der Waals surface area contributed by atoms with Crippen LogP contribution < -0.4 is 0 Å². The first-order valence-electron chi connectivity index (χ1n) is 3.13. The largest absolute Gasteiger partial charge is 0.305 e. The second-order valence-electron chi connectivity index (χ2n) is 2.29. The summed E-state index contributed by atoms with van der Waals surface area (Å²) in [5.41, 5.74) is 0. The van der Waals surface area contributed by atoms with E-state index in [0.29, 0.717) is 0 Å². The third-order valence-corrected chi connectivity index (χ3v) is 1.97. The van der Waals surface area contributed by atoms with E-state index in [9.17, 15) is 25.5 Å². The molecule has 1 unspecified atom stereocenters. The van der Waals surface area contributed by atoms with Crippen molar-refractivity contribution in [2.75, 3.05) is 5.75 Å². The highest BCUT2D eigenvalue weighted by Gasteiger charge is 2.40. The fourth-order valence-electron chi connectivity index (χ4n) is 0.518. The van der Waals surface area contributed by atoms with E-state index in [0.717, 1.165) is 6.92 Å². The summed E-state index contributed by atoms with van der Waals surface area (Å²) in [4.78, 5) is 0. The zero-order valence-corrected chi connectivity index (χ0v) is 7.04. The van der Waals surface area contributed by atoms with Crippen LogP contribution in [0.1, 0.15) is 13.3 Å². The molecule has 0 rings (SSSR count). The fourth-order valence-corrected chi connectivity index (χ4v) is 1.11. The smallest absolute Gasteiger partial charge is 0.240 e. The molecule has 0 fully saturated rings. The summed E-state index contributed by atoms with van der Waals surface area (Å²) in [6.07, 6.45) is -3.83. The highest BCUT2D eigenvalue weighted by molar-refractivity contribution is 7.86. The first kappa shape index (κ1) is 11.7. The van der Waals surface area contributed by atoms with E-state index in [1.165, 1.54) is 0 Å². The average Bonchev–Trinajstić information content (AvgIpc) is 1.84. The van der Waals surface area contributed by atoms with Gasteiger partial charge >= 0.3 is 10.2 Å². The summed E-state index contributed by atoms with van der Waals surface area (Å²) in [5.74, 6) is -5.56. The lowest BCUT2D eigenvalue weighted by Gasteiger charge is -2.16. The Morgan fingerprint density at radius 1 is 1.42 bits per heavy atom. The second-order valence-corrected chi connectivity index (χ2v) is 3.70. The molecule has 74 valence electrons.